The second-order valence-corrected chi connectivity index (χ2v) is 6.29. The van der Waals surface area contributed by atoms with E-state index < -0.39 is 0 Å². The van der Waals surface area contributed by atoms with Crippen LogP contribution in [0.15, 0.2) is 42.5 Å². The smallest absolute Gasteiger partial charge is 0.222 e. The van der Waals surface area contributed by atoms with E-state index in [1.165, 1.54) is 0 Å². The first-order chi connectivity index (χ1) is 13.5. The molecule has 0 saturated heterocycles. The second kappa shape index (κ2) is 6.73. The number of aryl methyl sites for hydroxylation is 1. The maximum atomic E-state index is 10.8. The van der Waals surface area contributed by atoms with Crippen LogP contribution < -0.4 is 16.2 Å². The Morgan fingerprint density at radius 2 is 1.86 bits per heavy atom. The van der Waals surface area contributed by atoms with Gasteiger partial charge in [0.2, 0.25) is 5.95 Å². The predicted molar refractivity (Wildman–Crippen MR) is 108 cm³/mol. The van der Waals surface area contributed by atoms with Crippen LogP contribution in [0, 0.1) is 0 Å². The van der Waals surface area contributed by atoms with Gasteiger partial charge in [-0.1, -0.05) is 25.1 Å². The highest BCUT2D eigenvalue weighted by molar-refractivity contribution is 5.88. The summed E-state index contributed by atoms with van der Waals surface area (Å²) in [5.74, 6) is 1.46. The molecule has 28 heavy (non-hydrogen) atoms. The molecule has 0 amide bonds. The molecule has 0 aliphatic rings. The molecule has 2 heterocycles. The number of nitrogen functional groups attached to an aromatic ring is 2. The molecule has 142 valence electrons. The molecule has 2 aromatic carbocycles. The molecule has 0 radical (unpaired) electrons. The highest BCUT2D eigenvalue weighted by Gasteiger charge is 2.18. The van der Waals surface area contributed by atoms with Gasteiger partial charge in [-0.25, -0.2) is 9.97 Å². The molecule has 8 heteroatoms. The third kappa shape index (κ3) is 2.75. The summed E-state index contributed by atoms with van der Waals surface area (Å²) in [6.07, 6.45) is 0.648. The number of fused-ring (bicyclic) bond motifs is 1. The molecule has 0 spiro atoms. The lowest BCUT2D eigenvalue weighted by Crippen LogP contribution is -2.06. The highest BCUT2D eigenvalue weighted by atomic mass is 16.5. The molecule has 8 nitrogen and oxygen atoms in total. The van der Waals surface area contributed by atoms with Crippen molar-refractivity contribution in [1.82, 2.24) is 19.7 Å². The Kier molecular flexibility index (Phi) is 4.23. The van der Waals surface area contributed by atoms with Crippen molar-refractivity contribution in [3.63, 3.8) is 0 Å². The van der Waals surface area contributed by atoms with Crippen molar-refractivity contribution in [3.8, 4) is 28.3 Å². The number of para-hydroxylation sites is 1. The van der Waals surface area contributed by atoms with Crippen LogP contribution in [-0.2, 0) is 6.42 Å². The molecular weight excluding hydrogens is 356 g/mol. The lowest BCUT2D eigenvalue weighted by Gasteiger charge is -2.11. The highest BCUT2D eigenvalue weighted by Crippen LogP contribution is 2.34. The van der Waals surface area contributed by atoms with Gasteiger partial charge < -0.3 is 21.4 Å². The minimum absolute atomic E-state index is 0.143. The fourth-order valence-corrected chi connectivity index (χ4v) is 3.34. The molecule has 0 aliphatic carbocycles. The molecule has 2 aromatic heterocycles. The van der Waals surface area contributed by atoms with Crippen LogP contribution in [0.4, 0.5) is 11.8 Å². The fourth-order valence-electron chi connectivity index (χ4n) is 3.34. The van der Waals surface area contributed by atoms with Crippen molar-refractivity contribution in [1.29, 1.82) is 0 Å². The molecule has 4 aromatic rings. The Balaban J connectivity index is 1.91. The Morgan fingerprint density at radius 3 is 2.61 bits per heavy atom. The third-order valence-electron chi connectivity index (χ3n) is 4.63. The van der Waals surface area contributed by atoms with Crippen molar-refractivity contribution in [2.75, 3.05) is 18.6 Å². The van der Waals surface area contributed by atoms with Gasteiger partial charge in [-0.05, 0) is 36.2 Å². The summed E-state index contributed by atoms with van der Waals surface area (Å²) in [6.45, 7) is 1.97. The number of hydrogen-bond acceptors (Lipinski definition) is 7. The lowest BCUT2D eigenvalue weighted by atomic mass is 10.0. The number of imidazole rings is 1. The average molecular weight is 376 g/mol. The topological polar surface area (TPSA) is 125 Å². The van der Waals surface area contributed by atoms with Gasteiger partial charge in [0.25, 0.3) is 0 Å². The quantitative estimate of drug-likeness (QED) is 0.467. The summed E-state index contributed by atoms with van der Waals surface area (Å²) in [6, 6.07) is 12.9. The van der Waals surface area contributed by atoms with E-state index in [-0.39, 0.29) is 5.95 Å². The van der Waals surface area contributed by atoms with Crippen molar-refractivity contribution in [3.05, 3.63) is 48.2 Å². The van der Waals surface area contributed by atoms with E-state index in [4.69, 9.17) is 16.2 Å². The number of hydrogen-bond donors (Lipinski definition) is 3. The second-order valence-electron chi connectivity index (χ2n) is 6.29. The summed E-state index contributed by atoms with van der Waals surface area (Å²) in [5.41, 5.74) is 15.9. The zero-order chi connectivity index (χ0) is 19.8. The van der Waals surface area contributed by atoms with Gasteiger partial charge in [0.05, 0.1) is 23.9 Å². The lowest BCUT2D eigenvalue weighted by molar-refractivity contribution is 0.203. The summed E-state index contributed by atoms with van der Waals surface area (Å²) in [7, 11) is 1.58. The van der Waals surface area contributed by atoms with Crippen LogP contribution in [0.3, 0.4) is 0 Å². The van der Waals surface area contributed by atoms with Crippen LogP contribution in [0.1, 0.15) is 12.6 Å². The van der Waals surface area contributed by atoms with Crippen LogP contribution in [0.25, 0.3) is 33.5 Å². The molecule has 0 atom stereocenters. The Morgan fingerprint density at radius 1 is 1.07 bits per heavy atom. The van der Waals surface area contributed by atoms with Crippen LogP contribution in [0.5, 0.6) is 5.75 Å². The summed E-state index contributed by atoms with van der Waals surface area (Å²) >= 11 is 0. The molecule has 0 aliphatic heterocycles. The number of ether oxygens (including phenoxy) is 1. The number of rotatable bonds is 4. The number of methoxy groups -OCH3 is 1. The van der Waals surface area contributed by atoms with E-state index in [0.717, 1.165) is 16.0 Å². The Hall–Kier alpha value is -3.81. The monoisotopic (exact) mass is 376 g/mol. The zero-order valence-corrected chi connectivity index (χ0v) is 15.5. The summed E-state index contributed by atoms with van der Waals surface area (Å²) in [5, 5.41) is 10.8. The predicted octanol–water partition coefficient (Wildman–Crippen LogP) is 3.13. The maximum absolute atomic E-state index is 10.8. The van der Waals surface area contributed by atoms with Gasteiger partial charge in [0, 0.05) is 5.56 Å². The largest absolute Gasteiger partial charge is 0.496 e. The molecular formula is C20H20N6O2. The van der Waals surface area contributed by atoms with Crippen LogP contribution in [-0.4, -0.2) is 32.0 Å². The zero-order valence-electron chi connectivity index (χ0n) is 15.5. The maximum Gasteiger partial charge on any atom is 0.222 e. The van der Waals surface area contributed by atoms with Crippen molar-refractivity contribution < 1.29 is 9.94 Å². The van der Waals surface area contributed by atoms with Gasteiger partial charge in [-0.2, -0.15) is 9.71 Å². The number of benzene rings is 2. The number of nitrogens with zero attached hydrogens (tertiary/aromatic N) is 4. The SMILES string of the molecule is CCc1nc(N)nc(N)c1-c1ccc2nc(-c3ccccc3OC)n(O)c2c1. The van der Waals surface area contributed by atoms with E-state index in [9.17, 15) is 5.21 Å². The molecule has 5 N–H and O–H groups in total. The van der Waals surface area contributed by atoms with Gasteiger partial charge in [0.1, 0.15) is 17.1 Å². The van der Waals surface area contributed by atoms with E-state index in [2.05, 4.69) is 15.0 Å². The fraction of sp³-hybridized carbons (Fsp3) is 0.150. The number of aromatic nitrogens is 4. The van der Waals surface area contributed by atoms with Gasteiger partial charge in [-0.3, -0.25) is 0 Å². The number of anilines is 2. The van der Waals surface area contributed by atoms with Crippen molar-refractivity contribution in [2.45, 2.75) is 13.3 Å². The first-order valence-electron chi connectivity index (χ1n) is 8.80. The standard InChI is InChI=1S/C20H20N6O2/c1-3-13-17(18(21)25-20(22)24-13)11-8-9-14-15(10-11)26(27)19(23-14)12-6-4-5-7-16(12)28-2/h4-10,27H,3H2,1-2H3,(H4,21,22,24,25). The van der Waals surface area contributed by atoms with Crippen molar-refractivity contribution >= 4 is 22.8 Å². The molecule has 0 bridgehead atoms. The van der Waals surface area contributed by atoms with E-state index in [0.29, 0.717) is 46.0 Å². The Bertz CT molecular complexity index is 1180. The van der Waals surface area contributed by atoms with Crippen LogP contribution >= 0.6 is 0 Å². The summed E-state index contributed by atoms with van der Waals surface area (Å²) in [4.78, 5) is 12.9. The average Bonchev–Trinajstić information content (AvgIpc) is 3.03. The third-order valence-corrected chi connectivity index (χ3v) is 4.63. The minimum atomic E-state index is 0.143. The first kappa shape index (κ1) is 17.6. The minimum Gasteiger partial charge on any atom is -0.496 e. The number of nitrogens with two attached hydrogens (primary N) is 2. The van der Waals surface area contributed by atoms with Gasteiger partial charge in [-0.15, -0.1) is 0 Å². The normalized spacial score (nSPS) is 11.1. The summed E-state index contributed by atoms with van der Waals surface area (Å²) < 4.78 is 6.44. The first-order valence-corrected chi connectivity index (χ1v) is 8.80. The molecule has 0 unspecified atom stereocenters. The van der Waals surface area contributed by atoms with Gasteiger partial charge >= 0.3 is 0 Å². The van der Waals surface area contributed by atoms with E-state index >= 15 is 0 Å². The molecule has 4 rings (SSSR count). The molecule has 0 saturated carbocycles. The van der Waals surface area contributed by atoms with E-state index in [1.807, 2.05) is 49.4 Å². The van der Waals surface area contributed by atoms with Gasteiger partial charge in [0.15, 0.2) is 5.82 Å². The van der Waals surface area contributed by atoms with E-state index in [1.54, 1.807) is 7.11 Å². The van der Waals surface area contributed by atoms with Crippen molar-refractivity contribution in [2.24, 2.45) is 0 Å². The Labute approximate surface area is 161 Å². The van der Waals surface area contributed by atoms with Crippen LogP contribution in [0.2, 0.25) is 0 Å². The molecule has 0 fully saturated rings.